The Morgan fingerprint density at radius 2 is 1.63 bits per heavy atom. The first-order valence-electron chi connectivity index (χ1n) is 10.9. The number of nitrogens with zero attached hydrogens (tertiary/aromatic N) is 4. The zero-order valence-electron chi connectivity index (χ0n) is 17.2. The van der Waals surface area contributed by atoms with Crippen molar-refractivity contribution < 1.29 is 0 Å². The molecule has 0 unspecified atom stereocenters. The Hall–Kier alpha value is -3.05. The molecule has 1 saturated heterocycles. The van der Waals surface area contributed by atoms with Crippen molar-refractivity contribution in [3.63, 3.8) is 0 Å². The normalized spacial score (nSPS) is 16.3. The average molecular weight is 398 g/mol. The molecule has 1 aliphatic heterocycles. The summed E-state index contributed by atoms with van der Waals surface area (Å²) in [5.41, 5.74) is 5.72. The maximum Gasteiger partial charge on any atom is 0.174 e. The van der Waals surface area contributed by atoms with Crippen LogP contribution in [0.3, 0.4) is 0 Å². The molecule has 0 radical (unpaired) electrons. The van der Waals surface area contributed by atoms with Crippen LogP contribution in [0.2, 0.25) is 0 Å². The van der Waals surface area contributed by atoms with Gasteiger partial charge >= 0.3 is 0 Å². The summed E-state index contributed by atoms with van der Waals surface area (Å²) in [4.78, 5) is 2.60. The predicted molar refractivity (Wildman–Crippen MR) is 120 cm³/mol. The molecule has 2 aromatic carbocycles. The molecule has 2 heterocycles. The zero-order chi connectivity index (χ0) is 20.2. The lowest BCUT2D eigenvalue weighted by molar-refractivity contribution is 0.252. The second-order valence-electron chi connectivity index (χ2n) is 8.15. The van der Waals surface area contributed by atoms with E-state index >= 15 is 0 Å². The lowest BCUT2D eigenvalue weighted by Crippen LogP contribution is -2.32. The van der Waals surface area contributed by atoms with Crippen LogP contribution in [0.4, 0.5) is 0 Å². The Bertz CT molecular complexity index is 1150. The molecule has 1 aliphatic carbocycles. The summed E-state index contributed by atoms with van der Waals surface area (Å²) in [6.45, 7) is 3.43. The number of aromatic amines is 1. The highest BCUT2D eigenvalue weighted by Crippen LogP contribution is 2.31. The summed E-state index contributed by atoms with van der Waals surface area (Å²) in [5, 5.41) is 16.8. The molecular weight excluding hydrogens is 370 g/mol. The number of aromatic nitrogens is 4. The van der Waals surface area contributed by atoms with Gasteiger partial charge in [0.15, 0.2) is 5.82 Å². The molecule has 2 aliphatic rings. The molecule has 0 atom stereocenters. The number of tetrazole rings is 1. The van der Waals surface area contributed by atoms with Crippen molar-refractivity contribution in [1.29, 1.82) is 0 Å². The third-order valence-corrected chi connectivity index (χ3v) is 6.21. The fraction of sp³-hybridized carbons (Fsp3) is 0.320. The summed E-state index contributed by atoms with van der Waals surface area (Å²) in [5.74, 6) is 0.820. The molecule has 5 heteroatoms. The Morgan fingerprint density at radius 1 is 0.867 bits per heavy atom. The number of allylic oxidation sites excluding steroid dienone is 1. The van der Waals surface area contributed by atoms with Crippen LogP contribution in [-0.4, -0.2) is 45.2 Å². The summed E-state index contributed by atoms with van der Waals surface area (Å²) in [7, 11) is 0. The standard InChI is InChI=1S/C25H27N5/c1-2-8-21-18-24(23-10-4-3-9-22(23)17-20(21)7-1)19-12-15-30(16-13-19)14-6-5-11-25-26-28-29-27-25/h1-4,7-10,17-18H,5-6,11-16H2,(H,26,27,28,29). The Balaban J connectivity index is 1.30. The van der Waals surface area contributed by atoms with E-state index in [9.17, 15) is 0 Å². The highest BCUT2D eigenvalue weighted by atomic mass is 15.5. The van der Waals surface area contributed by atoms with Crippen LogP contribution in [0, 0.1) is 0 Å². The van der Waals surface area contributed by atoms with Gasteiger partial charge in [-0.2, -0.15) is 5.21 Å². The summed E-state index contributed by atoms with van der Waals surface area (Å²) in [6.07, 6.45) is 10.2. The minimum Gasteiger partial charge on any atom is -0.303 e. The van der Waals surface area contributed by atoms with E-state index in [1.165, 1.54) is 33.6 Å². The topological polar surface area (TPSA) is 57.7 Å². The average Bonchev–Trinajstić information content (AvgIpc) is 3.25. The van der Waals surface area contributed by atoms with Crippen molar-refractivity contribution in [3.8, 4) is 0 Å². The Kier molecular flexibility index (Phi) is 5.53. The summed E-state index contributed by atoms with van der Waals surface area (Å²) < 4.78 is 0. The minimum atomic E-state index is 0.820. The first-order chi connectivity index (χ1) is 14.9. The molecule has 0 amide bonds. The van der Waals surface area contributed by atoms with Crippen molar-refractivity contribution in [2.24, 2.45) is 0 Å². The largest absolute Gasteiger partial charge is 0.303 e. The number of H-pyrrole nitrogens is 1. The van der Waals surface area contributed by atoms with E-state index in [1.807, 2.05) is 0 Å². The van der Waals surface area contributed by atoms with Crippen molar-refractivity contribution in [2.45, 2.75) is 32.1 Å². The van der Waals surface area contributed by atoms with E-state index in [1.54, 1.807) is 5.57 Å². The Morgan fingerprint density at radius 3 is 2.43 bits per heavy atom. The van der Waals surface area contributed by atoms with Crippen molar-refractivity contribution >= 4 is 17.7 Å². The SMILES string of the molecule is C1=c2ccccc2=Cc2ccccc2C1=C1CCN(CCCCc2nn[nH]n2)CC1. The van der Waals surface area contributed by atoms with Gasteiger partial charge in [0.25, 0.3) is 0 Å². The lowest BCUT2D eigenvalue weighted by Gasteiger charge is -2.29. The second-order valence-corrected chi connectivity index (χ2v) is 8.15. The first kappa shape index (κ1) is 18.9. The van der Waals surface area contributed by atoms with E-state index in [0.29, 0.717) is 0 Å². The van der Waals surface area contributed by atoms with Gasteiger partial charge in [0.1, 0.15) is 0 Å². The third kappa shape index (κ3) is 4.12. The molecule has 1 fully saturated rings. The van der Waals surface area contributed by atoms with E-state index in [0.717, 1.165) is 51.1 Å². The van der Waals surface area contributed by atoms with E-state index < -0.39 is 0 Å². The number of hydrogen-bond donors (Lipinski definition) is 1. The molecule has 5 nitrogen and oxygen atoms in total. The first-order valence-corrected chi connectivity index (χ1v) is 10.9. The van der Waals surface area contributed by atoms with Gasteiger partial charge in [0, 0.05) is 19.5 Å². The van der Waals surface area contributed by atoms with Crippen LogP contribution in [0.25, 0.3) is 17.7 Å². The van der Waals surface area contributed by atoms with Crippen LogP contribution < -0.4 is 10.4 Å². The maximum absolute atomic E-state index is 4.03. The van der Waals surface area contributed by atoms with Gasteiger partial charge in [-0.15, -0.1) is 10.2 Å². The molecule has 0 saturated carbocycles. The van der Waals surface area contributed by atoms with Gasteiger partial charge in [-0.1, -0.05) is 59.3 Å². The zero-order valence-corrected chi connectivity index (χ0v) is 17.2. The van der Waals surface area contributed by atoms with Gasteiger partial charge in [-0.3, -0.25) is 0 Å². The molecular formula is C25H27N5. The van der Waals surface area contributed by atoms with Crippen LogP contribution in [0.5, 0.6) is 0 Å². The van der Waals surface area contributed by atoms with Crippen molar-refractivity contribution in [3.05, 3.63) is 81.5 Å². The predicted octanol–water partition coefficient (Wildman–Crippen LogP) is 2.69. The van der Waals surface area contributed by atoms with Crippen LogP contribution >= 0.6 is 0 Å². The molecule has 0 bridgehead atoms. The number of benzene rings is 2. The summed E-state index contributed by atoms with van der Waals surface area (Å²) in [6, 6.07) is 17.5. The van der Waals surface area contributed by atoms with Crippen molar-refractivity contribution in [2.75, 3.05) is 19.6 Å². The number of fused-ring (bicyclic) bond motifs is 2. The van der Waals surface area contributed by atoms with Crippen LogP contribution in [-0.2, 0) is 6.42 Å². The number of aryl methyl sites for hydroxylation is 1. The fourth-order valence-electron chi connectivity index (χ4n) is 4.56. The summed E-state index contributed by atoms with van der Waals surface area (Å²) >= 11 is 0. The Labute approximate surface area is 176 Å². The number of nitrogens with one attached hydrogen (secondary N) is 1. The lowest BCUT2D eigenvalue weighted by atomic mass is 9.90. The number of unbranched alkanes of at least 4 members (excludes halogenated alkanes) is 1. The third-order valence-electron chi connectivity index (χ3n) is 6.21. The molecule has 0 spiro atoms. The number of likely N-dealkylation sites (tertiary alicyclic amines) is 1. The quantitative estimate of drug-likeness (QED) is 0.673. The molecule has 1 N–H and O–H groups in total. The number of hydrogen-bond acceptors (Lipinski definition) is 4. The van der Waals surface area contributed by atoms with E-state index in [-0.39, 0.29) is 0 Å². The van der Waals surface area contributed by atoms with Gasteiger partial charge in [0.05, 0.1) is 0 Å². The monoisotopic (exact) mass is 397 g/mol. The second kappa shape index (κ2) is 8.76. The minimum absolute atomic E-state index is 0.820. The van der Waals surface area contributed by atoms with Gasteiger partial charge in [0.2, 0.25) is 0 Å². The van der Waals surface area contributed by atoms with Gasteiger partial charge in [-0.05, 0) is 71.5 Å². The van der Waals surface area contributed by atoms with E-state index in [2.05, 4.69) is 86.2 Å². The van der Waals surface area contributed by atoms with Crippen LogP contribution in [0.15, 0.2) is 54.1 Å². The van der Waals surface area contributed by atoms with E-state index in [4.69, 9.17) is 0 Å². The maximum atomic E-state index is 4.03. The molecule has 5 rings (SSSR count). The van der Waals surface area contributed by atoms with Gasteiger partial charge < -0.3 is 4.90 Å². The molecule has 1 aromatic heterocycles. The van der Waals surface area contributed by atoms with Crippen molar-refractivity contribution in [1.82, 2.24) is 25.5 Å². The molecule has 3 aromatic rings. The molecule has 30 heavy (non-hydrogen) atoms. The highest BCUT2D eigenvalue weighted by molar-refractivity contribution is 5.94. The smallest absolute Gasteiger partial charge is 0.174 e. The number of rotatable bonds is 5. The highest BCUT2D eigenvalue weighted by Gasteiger charge is 2.18. The fourth-order valence-corrected chi connectivity index (χ4v) is 4.56. The molecule has 152 valence electrons. The number of piperidine rings is 1. The van der Waals surface area contributed by atoms with Crippen LogP contribution in [0.1, 0.15) is 42.6 Å². The van der Waals surface area contributed by atoms with Gasteiger partial charge in [-0.25, -0.2) is 0 Å².